The van der Waals surface area contributed by atoms with Gasteiger partial charge in [0.25, 0.3) is 0 Å². The van der Waals surface area contributed by atoms with Crippen molar-refractivity contribution in [3.63, 3.8) is 0 Å². The molecule has 140 valence electrons. The predicted molar refractivity (Wildman–Crippen MR) is 109 cm³/mol. The molecule has 3 aromatic rings. The highest BCUT2D eigenvalue weighted by atomic mass is 16.1. The molecular formula is C23H27N3O. The van der Waals surface area contributed by atoms with Crippen molar-refractivity contribution < 1.29 is 0 Å². The van der Waals surface area contributed by atoms with Gasteiger partial charge in [-0.1, -0.05) is 35.9 Å². The largest absolute Gasteiger partial charge is 0.326 e. The number of nitrogens with one attached hydrogen (secondary N) is 1. The number of hydrogen-bond donors (Lipinski definition) is 1. The van der Waals surface area contributed by atoms with Gasteiger partial charge in [-0.25, -0.2) is 4.79 Å². The summed E-state index contributed by atoms with van der Waals surface area (Å²) in [5.74, 6) is 0. The van der Waals surface area contributed by atoms with Crippen LogP contribution in [0.25, 0.3) is 11.0 Å². The Morgan fingerprint density at radius 2 is 1.85 bits per heavy atom. The molecule has 0 bridgehead atoms. The molecule has 1 fully saturated rings. The van der Waals surface area contributed by atoms with Crippen LogP contribution in [0.1, 0.15) is 54.5 Å². The predicted octanol–water partition coefficient (Wildman–Crippen LogP) is 4.35. The average Bonchev–Trinajstić information content (AvgIpc) is 3.03. The van der Waals surface area contributed by atoms with E-state index < -0.39 is 0 Å². The molecule has 1 unspecified atom stereocenters. The van der Waals surface area contributed by atoms with Gasteiger partial charge in [-0.3, -0.25) is 9.47 Å². The summed E-state index contributed by atoms with van der Waals surface area (Å²) < 4.78 is 1.99. The van der Waals surface area contributed by atoms with Crippen molar-refractivity contribution in [2.45, 2.75) is 51.1 Å². The Bertz CT molecular complexity index is 1020. The van der Waals surface area contributed by atoms with Gasteiger partial charge in [-0.15, -0.1) is 0 Å². The monoisotopic (exact) mass is 361 g/mol. The zero-order chi connectivity index (χ0) is 18.4. The van der Waals surface area contributed by atoms with Crippen LogP contribution < -0.4 is 5.69 Å². The molecule has 1 atom stereocenters. The number of rotatable bonds is 2. The Labute approximate surface area is 159 Å². The lowest BCUT2D eigenvalue weighted by Gasteiger charge is -2.40. The number of hydrogen-bond acceptors (Lipinski definition) is 2. The van der Waals surface area contributed by atoms with Crippen molar-refractivity contribution >= 4 is 11.0 Å². The minimum atomic E-state index is 0.0355. The maximum absolute atomic E-state index is 12.5. The number of para-hydroxylation sites is 2. The number of aromatic amines is 1. The maximum Gasteiger partial charge on any atom is 0.326 e. The van der Waals surface area contributed by atoms with Crippen LogP contribution in [0.2, 0.25) is 0 Å². The Balaban J connectivity index is 1.38. The third kappa shape index (κ3) is 2.92. The average molecular weight is 361 g/mol. The van der Waals surface area contributed by atoms with Gasteiger partial charge in [-0.05, 0) is 62.3 Å². The van der Waals surface area contributed by atoms with Gasteiger partial charge >= 0.3 is 5.69 Å². The molecule has 1 saturated heterocycles. The minimum absolute atomic E-state index is 0.0355. The standard InChI is InChI=1S/C23H27N3O/c1-16-9-10-17-5-4-8-21(19(17)15-16)25-13-11-18(12-14-25)26-22-7-3-2-6-20(22)24-23(26)27/h2-3,6-7,9-10,15,18,21H,4-5,8,11-14H2,1H3,(H,24,27). The highest BCUT2D eigenvalue weighted by Gasteiger charge is 2.30. The molecule has 1 aromatic heterocycles. The molecule has 0 radical (unpaired) electrons. The van der Waals surface area contributed by atoms with Crippen LogP contribution in [-0.4, -0.2) is 27.5 Å². The molecule has 5 rings (SSSR count). The number of nitrogens with zero attached hydrogens (tertiary/aromatic N) is 2. The second kappa shape index (κ2) is 6.68. The molecule has 1 N–H and O–H groups in total. The van der Waals surface area contributed by atoms with Crippen LogP contribution in [0.15, 0.2) is 47.3 Å². The van der Waals surface area contributed by atoms with Crippen LogP contribution in [0.3, 0.4) is 0 Å². The van der Waals surface area contributed by atoms with Crippen LogP contribution in [0, 0.1) is 6.92 Å². The van der Waals surface area contributed by atoms with Gasteiger partial charge < -0.3 is 4.98 Å². The Kier molecular flexibility index (Phi) is 4.16. The van der Waals surface area contributed by atoms with Gasteiger partial charge in [0.2, 0.25) is 0 Å². The fourth-order valence-electron chi connectivity index (χ4n) is 5.17. The second-order valence-electron chi connectivity index (χ2n) is 8.19. The molecule has 2 aliphatic rings. The Morgan fingerprint density at radius 3 is 2.70 bits per heavy atom. The van der Waals surface area contributed by atoms with E-state index in [0.717, 1.165) is 37.0 Å². The summed E-state index contributed by atoms with van der Waals surface area (Å²) in [6.07, 6.45) is 5.84. The molecule has 0 saturated carbocycles. The molecule has 4 nitrogen and oxygen atoms in total. The number of H-pyrrole nitrogens is 1. The highest BCUT2D eigenvalue weighted by Crippen LogP contribution is 2.37. The number of fused-ring (bicyclic) bond motifs is 2. The van der Waals surface area contributed by atoms with Crippen LogP contribution in [0.5, 0.6) is 0 Å². The third-order valence-electron chi connectivity index (χ3n) is 6.51. The number of likely N-dealkylation sites (tertiary alicyclic amines) is 1. The van der Waals surface area contributed by atoms with E-state index in [1.807, 2.05) is 22.8 Å². The lowest BCUT2D eigenvalue weighted by atomic mass is 9.85. The fourth-order valence-corrected chi connectivity index (χ4v) is 5.17. The summed E-state index contributed by atoms with van der Waals surface area (Å²) in [6, 6.07) is 15.9. The molecule has 0 spiro atoms. The van der Waals surface area contributed by atoms with E-state index in [-0.39, 0.29) is 5.69 Å². The van der Waals surface area contributed by atoms with Gasteiger partial charge in [0.1, 0.15) is 0 Å². The molecule has 27 heavy (non-hydrogen) atoms. The molecule has 0 amide bonds. The Morgan fingerprint density at radius 1 is 1.04 bits per heavy atom. The molecule has 4 heteroatoms. The lowest BCUT2D eigenvalue weighted by molar-refractivity contribution is 0.123. The van der Waals surface area contributed by atoms with Crippen molar-refractivity contribution in [3.8, 4) is 0 Å². The van der Waals surface area contributed by atoms with E-state index in [1.54, 1.807) is 5.56 Å². The summed E-state index contributed by atoms with van der Waals surface area (Å²) in [4.78, 5) is 18.2. The van der Waals surface area contributed by atoms with E-state index in [1.165, 1.54) is 30.4 Å². The van der Waals surface area contributed by atoms with Crippen molar-refractivity contribution in [2.75, 3.05) is 13.1 Å². The van der Waals surface area contributed by atoms with E-state index in [9.17, 15) is 4.79 Å². The summed E-state index contributed by atoms with van der Waals surface area (Å²) in [5.41, 5.74) is 6.46. The number of piperidine rings is 1. The van der Waals surface area contributed by atoms with Gasteiger partial charge in [-0.2, -0.15) is 0 Å². The minimum Gasteiger partial charge on any atom is -0.306 e. The third-order valence-corrected chi connectivity index (χ3v) is 6.51. The first kappa shape index (κ1) is 16.8. The summed E-state index contributed by atoms with van der Waals surface area (Å²) in [5, 5.41) is 0. The highest BCUT2D eigenvalue weighted by molar-refractivity contribution is 5.75. The van der Waals surface area contributed by atoms with Gasteiger partial charge in [0.05, 0.1) is 11.0 Å². The first-order valence-electron chi connectivity index (χ1n) is 10.2. The van der Waals surface area contributed by atoms with E-state index in [0.29, 0.717) is 12.1 Å². The second-order valence-corrected chi connectivity index (χ2v) is 8.19. The van der Waals surface area contributed by atoms with Crippen molar-refractivity contribution in [3.05, 3.63) is 69.6 Å². The molecule has 2 aromatic carbocycles. The molecular weight excluding hydrogens is 334 g/mol. The van der Waals surface area contributed by atoms with Crippen LogP contribution in [0.4, 0.5) is 0 Å². The van der Waals surface area contributed by atoms with E-state index in [2.05, 4.69) is 41.1 Å². The summed E-state index contributed by atoms with van der Waals surface area (Å²) in [7, 11) is 0. The van der Waals surface area contributed by atoms with Gasteiger partial charge in [0.15, 0.2) is 0 Å². The smallest absolute Gasteiger partial charge is 0.306 e. The number of aromatic nitrogens is 2. The molecule has 2 heterocycles. The maximum atomic E-state index is 12.5. The number of benzene rings is 2. The van der Waals surface area contributed by atoms with Gasteiger partial charge in [0, 0.05) is 25.2 Å². The van der Waals surface area contributed by atoms with Crippen molar-refractivity contribution in [1.82, 2.24) is 14.5 Å². The number of aryl methyl sites for hydroxylation is 2. The number of imidazole rings is 1. The SMILES string of the molecule is Cc1ccc2c(c1)C(N1CCC(n3c(=O)[nH]c4ccccc43)CC1)CCC2. The molecule has 1 aliphatic carbocycles. The topological polar surface area (TPSA) is 41.0 Å². The molecule has 1 aliphatic heterocycles. The zero-order valence-electron chi connectivity index (χ0n) is 15.9. The van der Waals surface area contributed by atoms with Crippen molar-refractivity contribution in [1.29, 1.82) is 0 Å². The lowest BCUT2D eigenvalue weighted by Crippen LogP contribution is -2.40. The van der Waals surface area contributed by atoms with Crippen LogP contribution >= 0.6 is 0 Å². The van der Waals surface area contributed by atoms with E-state index in [4.69, 9.17) is 0 Å². The normalized spacial score (nSPS) is 21.4. The van der Waals surface area contributed by atoms with Crippen molar-refractivity contribution in [2.24, 2.45) is 0 Å². The summed E-state index contributed by atoms with van der Waals surface area (Å²) >= 11 is 0. The Hall–Kier alpha value is -2.33. The summed E-state index contributed by atoms with van der Waals surface area (Å²) in [6.45, 7) is 4.32. The zero-order valence-corrected chi connectivity index (χ0v) is 15.9. The first-order chi connectivity index (χ1) is 13.2. The quantitative estimate of drug-likeness (QED) is 0.737. The van der Waals surface area contributed by atoms with Crippen LogP contribution in [-0.2, 0) is 6.42 Å². The van der Waals surface area contributed by atoms with E-state index >= 15 is 0 Å². The first-order valence-corrected chi connectivity index (χ1v) is 10.2. The fraction of sp³-hybridized carbons (Fsp3) is 0.435.